The number of nitrogens with zero attached hydrogens (tertiary/aromatic N) is 3. The molecule has 2 aromatic heterocycles. The van der Waals surface area contributed by atoms with Crippen molar-refractivity contribution in [2.45, 2.75) is 19.5 Å². The van der Waals surface area contributed by atoms with E-state index in [-0.39, 0.29) is 5.69 Å². The van der Waals surface area contributed by atoms with Gasteiger partial charge in [-0.25, -0.2) is 4.98 Å². The summed E-state index contributed by atoms with van der Waals surface area (Å²) >= 11 is 0. The van der Waals surface area contributed by atoms with Crippen molar-refractivity contribution in [2.24, 2.45) is 0 Å². The first-order valence-electron chi connectivity index (χ1n) is 6.52. The lowest BCUT2D eigenvalue weighted by molar-refractivity contribution is -0.137. The van der Waals surface area contributed by atoms with E-state index in [1.807, 2.05) is 6.92 Å². The number of fused-ring (bicyclic) bond motifs is 1. The minimum atomic E-state index is -4.40. The number of hydrogen-bond donors (Lipinski definition) is 1. The number of anilines is 2. The first kappa shape index (κ1) is 14.3. The van der Waals surface area contributed by atoms with Gasteiger partial charge < -0.3 is 9.84 Å². The maximum absolute atomic E-state index is 12.8. The average Bonchev–Trinajstić information content (AvgIpc) is 2.91. The summed E-state index contributed by atoms with van der Waals surface area (Å²) < 4.78 is 43.3. The smallest absolute Gasteiger partial charge is 0.339 e. The van der Waals surface area contributed by atoms with Gasteiger partial charge in [-0.3, -0.25) is 0 Å². The molecule has 0 atom stereocenters. The van der Waals surface area contributed by atoms with Crippen LogP contribution in [0.5, 0.6) is 0 Å². The largest absolute Gasteiger partial charge is 0.416 e. The van der Waals surface area contributed by atoms with E-state index in [9.17, 15) is 13.2 Å². The third-order valence-electron chi connectivity index (χ3n) is 3.13. The van der Waals surface area contributed by atoms with Crippen molar-refractivity contribution in [2.75, 3.05) is 5.32 Å². The Morgan fingerprint density at radius 3 is 2.77 bits per heavy atom. The summed E-state index contributed by atoms with van der Waals surface area (Å²) in [6, 6.07) is 4.89. The third kappa shape index (κ3) is 2.59. The van der Waals surface area contributed by atoms with Gasteiger partial charge in [0.2, 0.25) is 0 Å². The Morgan fingerprint density at radius 2 is 2.05 bits per heavy atom. The van der Waals surface area contributed by atoms with E-state index in [2.05, 4.69) is 20.4 Å². The fourth-order valence-corrected chi connectivity index (χ4v) is 2.09. The molecule has 0 saturated heterocycles. The normalized spacial score (nSPS) is 11.8. The monoisotopic (exact) mass is 308 g/mol. The first-order valence-corrected chi connectivity index (χ1v) is 6.52. The molecule has 114 valence electrons. The molecule has 0 spiro atoms. The molecular weight excluding hydrogens is 297 g/mol. The molecule has 1 aromatic carbocycles. The molecule has 0 radical (unpaired) electrons. The SMILES string of the molecule is CCc1noc2ncnc(Nc3cccc(C(F)(F)F)c3)c12. The zero-order chi connectivity index (χ0) is 15.7. The highest BCUT2D eigenvalue weighted by Crippen LogP contribution is 2.32. The Bertz CT molecular complexity index is 813. The summed E-state index contributed by atoms with van der Waals surface area (Å²) in [6.45, 7) is 1.89. The van der Waals surface area contributed by atoms with Gasteiger partial charge in [0.1, 0.15) is 17.5 Å². The fourth-order valence-electron chi connectivity index (χ4n) is 2.09. The van der Waals surface area contributed by atoms with E-state index in [1.54, 1.807) is 0 Å². The van der Waals surface area contributed by atoms with Crippen LogP contribution in [-0.4, -0.2) is 15.1 Å². The molecule has 2 heterocycles. The molecule has 0 saturated carbocycles. The van der Waals surface area contributed by atoms with Crippen LogP contribution >= 0.6 is 0 Å². The van der Waals surface area contributed by atoms with Gasteiger partial charge in [-0.05, 0) is 24.6 Å². The van der Waals surface area contributed by atoms with Crippen LogP contribution in [0.25, 0.3) is 11.1 Å². The van der Waals surface area contributed by atoms with Crippen molar-refractivity contribution >= 4 is 22.6 Å². The molecule has 8 heteroatoms. The van der Waals surface area contributed by atoms with Crippen LogP contribution in [0.2, 0.25) is 0 Å². The molecule has 0 aliphatic heterocycles. The summed E-state index contributed by atoms with van der Waals surface area (Å²) in [7, 11) is 0. The number of nitrogens with one attached hydrogen (secondary N) is 1. The maximum Gasteiger partial charge on any atom is 0.416 e. The van der Waals surface area contributed by atoms with Gasteiger partial charge in [-0.2, -0.15) is 18.2 Å². The summed E-state index contributed by atoms with van der Waals surface area (Å²) in [5.74, 6) is 0.363. The van der Waals surface area contributed by atoms with Gasteiger partial charge in [0, 0.05) is 5.69 Å². The van der Waals surface area contributed by atoms with Gasteiger partial charge in [-0.15, -0.1) is 0 Å². The Balaban J connectivity index is 2.02. The van der Waals surface area contributed by atoms with Gasteiger partial charge in [0.15, 0.2) is 0 Å². The van der Waals surface area contributed by atoms with Crippen LogP contribution in [0.3, 0.4) is 0 Å². The van der Waals surface area contributed by atoms with Gasteiger partial charge in [-0.1, -0.05) is 18.1 Å². The second-order valence-corrected chi connectivity index (χ2v) is 4.59. The van der Waals surface area contributed by atoms with E-state index < -0.39 is 11.7 Å². The number of halogens is 3. The molecule has 0 aliphatic rings. The Morgan fingerprint density at radius 1 is 1.23 bits per heavy atom. The predicted octanol–water partition coefficient (Wildman–Crippen LogP) is 3.94. The minimum absolute atomic E-state index is 0.276. The topological polar surface area (TPSA) is 63.8 Å². The highest BCUT2D eigenvalue weighted by atomic mass is 19.4. The van der Waals surface area contributed by atoms with Crippen molar-refractivity contribution in [3.8, 4) is 0 Å². The molecule has 0 fully saturated rings. The van der Waals surface area contributed by atoms with Crippen molar-refractivity contribution in [1.29, 1.82) is 0 Å². The molecular formula is C14H11F3N4O. The van der Waals surface area contributed by atoms with Crippen LogP contribution in [-0.2, 0) is 12.6 Å². The molecule has 0 amide bonds. The van der Waals surface area contributed by atoms with E-state index in [0.29, 0.717) is 29.0 Å². The van der Waals surface area contributed by atoms with Gasteiger partial charge in [0.25, 0.3) is 5.71 Å². The van der Waals surface area contributed by atoms with Crippen molar-refractivity contribution < 1.29 is 17.7 Å². The maximum atomic E-state index is 12.8. The quantitative estimate of drug-likeness (QED) is 0.794. The molecule has 3 aromatic rings. The fraction of sp³-hybridized carbons (Fsp3) is 0.214. The summed E-state index contributed by atoms with van der Waals surface area (Å²) in [4.78, 5) is 8.02. The van der Waals surface area contributed by atoms with Crippen LogP contribution in [0, 0.1) is 0 Å². The van der Waals surface area contributed by atoms with Crippen molar-refractivity contribution in [1.82, 2.24) is 15.1 Å². The van der Waals surface area contributed by atoms with E-state index in [0.717, 1.165) is 12.1 Å². The predicted molar refractivity (Wildman–Crippen MR) is 73.7 cm³/mol. The van der Waals surface area contributed by atoms with E-state index in [1.165, 1.54) is 18.5 Å². The molecule has 1 N–H and O–H groups in total. The number of hydrogen-bond acceptors (Lipinski definition) is 5. The first-order chi connectivity index (χ1) is 10.5. The van der Waals surface area contributed by atoms with Crippen LogP contribution < -0.4 is 5.32 Å². The van der Waals surface area contributed by atoms with Crippen molar-refractivity contribution in [3.05, 3.63) is 41.9 Å². The Hall–Kier alpha value is -2.64. The van der Waals surface area contributed by atoms with Crippen LogP contribution in [0.1, 0.15) is 18.2 Å². The molecule has 0 bridgehead atoms. The van der Waals surface area contributed by atoms with Crippen LogP contribution in [0.15, 0.2) is 35.1 Å². The molecule has 5 nitrogen and oxygen atoms in total. The summed E-state index contributed by atoms with van der Waals surface area (Å²) in [6.07, 6.45) is -2.54. The number of benzene rings is 1. The third-order valence-corrected chi connectivity index (χ3v) is 3.13. The standard InChI is InChI=1S/C14H11F3N4O/c1-2-10-11-12(18-7-19-13(11)22-21-10)20-9-5-3-4-8(6-9)14(15,16)17/h3-7H,2H2,1H3,(H,18,19,20). The second-order valence-electron chi connectivity index (χ2n) is 4.59. The highest BCUT2D eigenvalue weighted by molar-refractivity contribution is 5.89. The number of alkyl halides is 3. The number of aryl methyl sites for hydroxylation is 1. The average molecular weight is 308 g/mol. The molecule has 3 rings (SSSR count). The van der Waals surface area contributed by atoms with Gasteiger partial charge >= 0.3 is 6.18 Å². The minimum Gasteiger partial charge on any atom is -0.339 e. The van der Waals surface area contributed by atoms with E-state index >= 15 is 0 Å². The summed E-state index contributed by atoms with van der Waals surface area (Å²) in [5, 5.41) is 7.32. The lowest BCUT2D eigenvalue weighted by Gasteiger charge is -2.10. The molecule has 22 heavy (non-hydrogen) atoms. The zero-order valence-corrected chi connectivity index (χ0v) is 11.5. The van der Waals surface area contributed by atoms with Crippen LogP contribution in [0.4, 0.5) is 24.7 Å². The van der Waals surface area contributed by atoms with Gasteiger partial charge in [0.05, 0.1) is 11.3 Å². The Labute approximate surface area is 123 Å². The molecule has 0 aliphatic carbocycles. The highest BCUT2D eigenvalue weighted by Gasteiger charge is 2.30. The summed E-state index contributed by atoms with van der Waals surface area (Å²) in [5.41, 5.74) is 0.480. The second kappa shape index (κ2) is 5.28. The lowest BCUT2D eigenvalue weighted by atomic mass is 10.2. The molecule has 0 unspecified atom stereocenters. The number of rotatable bonds is 3. The Kier molecular flexibility index (Phi) is 3.44. The number of aromatic nitrogens is 3. The zero-order valence-electron chi connectivity index (χ0n) is 11.5. The van der Waals surface area contributed by atoms with E-state index in [4.69, 9.17) is 4.52 Å². The lowest BCUT2D eigenvalue weighted by Crippen LogP contribution is -2.05. The van der Waals surface area contributed by atoms with Crippen molar-refractivity contribution in [3.63, 3.8) is 0 Å².